The molecule has 7 nitrogen and oxygen atoms in total. The first kappa shape index (κ1) is 67.9. The standard InChI is InChI=1S/C27H22F4N2O.C26H19F4NO.C26H21F4NO/c1-14-11-18(27(34)32-16-9-5-6-10-16)17-13-20(33-19(17)12-14)22-25(30)23(28)21(24(29)26(22)31)15-7-3-2-4-8-15;1-13-9-17(20(32)11-14-7-8-14)16-12-19(31-18(16)10-13)22-25(29)23(27)21(24(28)26(22)30)15-5-3-2-4-6-15;1-13(2)9-20(32)17-10-14(3)11-18-16(17)12-19(31-18)22-25(29)23(27)21(24(28)26(22)30)15-7-5-4-6-8-15/h2-4,7-8,11-12,16H,5-6,9-10,13H2,1H3,(H,32,34);2-6,9-10,14H,7-8,11-12H2,1H3;4-8,10-11,13H,9,12H2,1-3H3. The zero-order valence-electron chi connectivity index (χ0n) is 53.7. The summed E-state index contributed by atoms with van der Waals surface area (Å²) in [5.41, 5.74) is 1.16. The van der Waals surface area contributed by atoms with E-state index in [0.717, 1.165) is 55.2 Å². The highest BCUT2D eigenvalue weighted by atomic mass is 19.2. The van der Waals surface area contributed by atoms with Crippen molar-refractivity contribution in [2.24, 2.45) is 26.8 Å². The lowest BCUT2D eigenvalue weighted by Gasteiger charge is -2.15. The Kier molecular flexibility index (Phi) is 19.3. The average molecular weight is 1340 g/mol. The van der Waals surface area contributed by atoms with E-state index in [1.807, 2.05) is 13.8 Å². The van der Waals surface area contributed by atoms with Gasteiger partial charge in [-0.1, -0.05) is 118 Å². The van der Waals surface area contributed by atoms with Gasteiger partial charge in [-0.15, -0.1) is 0 Å². The number of nitrogens with one attached hydrogen (secondary N) is 1. The fourth-order valence-corrected chi connectivity index (χ4v) is 13.2. The van der Waals surface area contributed by atoms with Crippen molar-refractivity contribution in [1.29, 1.82) is 0 Å². The van der Waals surface area contributed by atoms with Gasteiger partial charge in [0.1, 0.15) is 0 Å². The quantitative estimate of drug-likeness (QED) is 0.0667. The molecule has 19 heteroatoms. The molecule has 0 spiro atoms. The molecule has 1 N–H and O–H groups in total. The highest BCUT2D eigenvalue weighted by Crippen LogP contribution is 2.43. The van der Waals surface area contributed by atoms with Gasteiger partial charge in [0.15, 0.2) is 81.4 Å². The lowest BCUT2D eigenvalue weighted by Crippen LogP contribution is -2.33. The Morgan fingerprint density at radius 3 is 1.01 bits per heavy atom. The van der Waals surface area contributed by atoms with Crippen LogP contribution in [0.25, 0.3) is 33.4 Å². The number of fused-ring (bicyclic) bond motifs is 3. The molecule has 0 bridgehead atoms. The molecule has 9 aromatic rings. The highest BCUT2D eigenvalue weighted by Gasteiger charge is 2.37. The Hall–Kier alpha value is -10.0. The van der Waals surface area contributed by atoms with Gasteiger partial charge in [0.05, 0.1) is 67.6 Å². The number of ketones is 2. The number of aliphatic imine (C=N–C) groups is 3. The van der Waals surface area contributed by atoms with Crippen molar-refractivity contribution in [3.63, 3.8) is 0 Å². The molecule has 3 aliphatic heterocycles. The van der Waals surface area contributed by atoms with Crippen LogP contribution in [0.3, 0.4) is 0 Å². The Bertz CT molecular complexity index is 4570. The van der Waals surface area contributed by atoms with Crippen LogP contribution < -0.4 is 5.32 Å². The van der Waals surface area contributed by atoms with Crippen LogP contribution in [0.5, 0.6) is 0 Å². The second-order valence-electron chi connectivity index (χ2n) is 25.8. The van der Waals surface area contributed by atoms with E-state index >= 15 is 26.3 Å². The molecule has 5 aliphatic rings. The summed E-state index contributed by atoms with van der Waals surface area (Å²) in [6.45, 7) is 9.21. The summed E-state index contributed by atoms with van der Waals surface area (Å²) in [5.74, 6) is -17.7. The summed E-state index contributed by atoms with van der Waals surface area (Å²) in [5, 5.41) is 3.02. The number of hydrogen-bond acceptors (Lipinski definition) is 6. The first-order valence-corrected chi connectivity index (χ1v) is 32.1. The third kappa shape index (κ3) is 13.3. The number of carbonyl (C=O) groups is 3. The fraction of sp³-hybridized carbons (Fsp3) is 0.241. The van der Waals surface area contributed by atoms with Crippen LogP contribution in [-0.2, 0) is 19.3 Å². The second kappa shape index (κ2) is 27.8. The van der Waals surface area contributed by atoms with Gasteiger partial charge in [-0.2, -0.15) is 0 Å². The van der Waals surface area contributed by atoms with Crippen molar-refractivity contribution < 1.29 is 67.1 Å². The van der Waals surface area contributed by atoms with Crippen molar-refractivity contribution in [2.75, 3.05) is 0 Å². The third-order valence-corrected chi connectivity index (χ3v) is 18.1. The minimum Gasteiger partial charge on any atom is -0.349 e. The third-order valence-electron chi connectivity index (χ3n) is 18.1. The maximum absolute atomic E-state index is 15.1. The van der Waals surface area contributed by atoms with Crippen LogP contribution >= 0.6 is 0 Å². The van der Waals surface area contributed by atoms with E-state index in [-0.39, 0.29) is 82.5 Å². The summed E-state index contributed by atoms with van der Waals surface area (Å²) in [6, 6.07) is 32.6. The topological polar surface area (TPSA) is 100 Å². The predicted molar refractivity (Wildman–Crippen MR) is 354 cm³/mol. The molecule has 2 aliphatic carbocycles. The van der Waals surface area contributed by atoms with Gasteiger partial charge < -0.3 is 5.32 Å². The molecule has 0 radical (unpaired) electrons. The normalized spacial score (nSPS) is 14.4. The summed E-state index contributed by atoms with van der Waals surface area (Å²) in [7, 11) is 0. The van der Waals surface area contributed by atoms with Crippen molar-refractivity contribution in [3.8, 4) is 33.4 Å². The molecule has 2 fully saturated rings. The van der Waals surface area contributed by atoms with Gasteiger partial charge in [0.2, 0.25) is 0 Å². The van der Waals surface area contributed by atoms with Gasteiger partial charge >= 0.3 is 0 Å². The molecule has 9 aromatic carbocycles. The lowest BCUT2D eigenvalue weighted by molar-refractivity contribution is 0.0934. The molecule has 14 rings (SSSR count). The van der Waals surface area contributed by atoms with Crippen LogP contribution in [-0.4, -0.2) is 40.7 Å². The number of nitrogens with zero attached hydrogens (tertiary/aromatic N) is 3. The van der Waals surface area contributed by atoms with Gasteiger partial charge in [-0.3, -0.25) is 29.4 Å². The minimum atomic E-state index is -1.50. The molecule has 2 saturated carbocycles. The maximum atomic E-state index is 15.1. The monoisotopic (exact) mass is 1340 g/mol. The Balaban J connectivity index is 0.000000140. The molecule has 500 valence electrons. The van der Waals surface area contributed by atoms with E-state index in [4.69, 9.17) is 0 Å². The van der Waals surface area contributed by atoms with Crippen molar-refractivity contribution in [1.82, 2.24) is 5.32 Å². The summed E-state index contributed by atoms with van der Waals surface area (Å²) in [4.78, 5) is 51.3. The van der Waals surface area contributed by atoms with Crippen molar-refractivity contribution >= 4 is 51.7 Å². The molecular weight excluding hydrogens is 1280 g/mol. The van der Waals surface area contributed by atoms with Gasteiger partial charge in [-0.05, 0) is 145 Å². The van der Waals surface area contributed by atoms with Gasteiger partial charge in [0.25, 0.3) is 5.91 Å². The largest absolute Gasteiger partial charge is 0.349 e. The maximum Gasteiger partial charge on any atom is 0.251 e. The number of halogens is 12. The van der Waals surface area contributed by atoms with Gasteiger partial charge in [-0.25, -0.2) is 52.7 Å². The van der Waals surface area contributed by atoms with Crippen LogP contribution in [0.15, 0.2) is 142 Å². The molecular formula is C79H62F12N4O3. The Labute approximate surface area is 557 Å². The minimum absolute atomic E-state index is 0.0278. The van der Waals surface area contributed by atoms with E-state index in [0.29, 0.717) is 69.2 Å². The van der Waals surface area contributed by atoms with E-state index in [1.54, 1.807) is 75.4 Å². The van der Waals surface area contributed by atoms with Crippen molar-refractivity contribution in [2.45, 2.75) is 111 Å². The Morgan fingerprint density at radius 1 is 0.398 bits per heavy atom. The molecule has 1 amide bonds. The number of benzene rings is 9. The number of carbonyl (C=O) groups excluding carboxylic acids is 3. The fourth-order valence-electron chi connectivity index (χ4n) is 13.2. The summed E-state index contributed by atoms with van der Waals surface area (Å²) >= 11 is 0. The molecule has 98 heavy (non-hydrogen) atoms. The van der Waals surface area contributed by atoms with Crippen LogP contribution in [0.4, 0.5) is 69.7 Å². The van der Waals surface area contributed by atoms with E-state index in [2.05, 4.69) is 20.3 Å². The second-order valence-corrected chi connectivity index (χ2v) is 25.8. The number of hydrogen-bond donors (Lipinski definition) is 1. The van der Waals surface area contributed by atoms with Gasteiger partial charge in [0, 0.05) is 54.8 Å². The van der Waals surface area contributed by atoms with Crippen LogP contribution in [0.2, 0.25) is 0 Å². The first-order valence-electron chi connectivity index (χ1n) is 32.1. The SMILES string of the molecule is Cc1cc2c(c(C(=O)CC(C)C)c1)CC(c1c(F)c(F)c(-c3ccccc3)c(F)c1F)=N2.Cc1cc2c(c(C(=O)CC3CC3)c1)CC(c1c(F)c(F)c(-c3ccccc3)c(F)c1F)=N2.Cc1cc2c(c(C(=O)NC3CCCC3)c1)CC(c1c(F)c(F)c(-c3ccccc3)c(F)c1F)=N2. The predicted octanol–water partition coefficient (Wildman–Crippen LogP) is 20.6. The summed E-state index contributed by atoms with van der Waals surface area (Å²) < 4.78 is 180. The number of Topliss-reactive ketones (excluding diaryl/α,β-unsaturated/α-hetero) is 2. The molecule has 0 saturated heterocycles. The van der Waals surface area contributed by atoms with E-state index in [9.17, 15) is 40.7 Å². The van der Waals surface area contributed by atoms with Crippen molar-refractivity contribution in [3.05, 3.63) is 264 Å². The van der Waals surface area contributed by atoms with E-state index in [1.165, 1.54) is 72.8 Å². The number of aryl methyl sites for hydroxylation is 3. The smallest absolute Gasteiger partial charge is 0.251 e. The number of rotatable bonds is 14. The van der Waals surface area contributed by atoms with E-state index < -0.39 is 103 Å². The molecule has 3 heterocycles. The molecule has 0 aromatic heterocycles. The number of amides is 1. The first-order chi connectivity index (χ1) is 46.9. The zero-order valence-corrected chi connectivity index (χ0v) is 53.7. The highest BCUT2D eigenvalue weighted by molar-refractivity contribution is 6.13. The van der Waals surface area contributed by atoms with Crippen LogP contribution in [0, 0.1) is 102 Å². The summed E-state index contributed by atoms with van der Waals surface area (Å²) in [6.07, 6.45) is 6.41. The zero-order chi connectivity index (χ0) is 69.7. The molecule has 0 unspecified atom stereocenters. The van der Waals surface area contributed by atoms with Crippen LogP contribution in [0.1, 0.15) is 146 Å². The lowest BCUT2D eigenvalue weighted by atomic mass is 9.91. The molecule has 0 atom stereocenters. The Morgan fingerprint density at radius 2 is 0.694 bits per heavy atom. The average Bonchev–Trinajstić information content (AvgIpc) is 1.46.